The molecule has 1 saturated heterocycles. The molecule has 0 saturated carbocycles. The molecule has 0 aromatic heterocycles. The second kappa shape index (κ2) is 5.18. The molecule has 0 radical (unpaired) electrons. The van der Waals surface area contributed by atoms with Crippen molar-refractivity contribution in [3.8, 4) is 11.5 Å². The smallest absolute Gasteiger partial charge is 0.162 e. The highest BCUT2D eigenvalue weighted by Crippen LogP contribution is 2.34. The van der Waals surface area contributed by atoms with Gasteiger partial charge in [-0.1, -0.05) is 12.1 Å². The van der Waals surface area contributed by atoms with Crippen LogP contribution in [-0.2, 0) is 4.74 Å². The maximum atomic E-state index is 10.1. The van der Waals surface area contributed by atoms with Crippen molar-refractivity contribution >= 4 is 0 Å². The fraction of sp³-hybridized carbons (Fsp3) is 0.500. The Morgan fingerprint density at radius 3 is 3.12 bits per heavy atom. The van der Waals surface area contributed by atoms with E-state index in [0.717, 1.165) is 18.7 Å². The van der Waals surface area contributed by atoms with Crippen molar-refractivity contribution in [3.63, 3.8) is 0 Å². The molecule has 0 spiro atoms. The minimum absolute atomic E-state index is 0.0501. The highest BCUT2D eigenvalue weighted by atomic mass is 16.5. The maximum absolute atomic E-state index is 10.1. The van der Waals surface area contributed by atoms with Crippen LogP contribution in [0.5, 0.6) is 11.5 Å². The number of phenolic OH excluding ortho intramolecular Hbond substituents is 1. The summed E-state index contributed by atoms with van der Waals surface area (Å²) in [4.78, 5) is 0. The predicted octanol–water partition coefficient (Wildman–Crippen LogP) is 1.45. The second-order valence-corrected chi connectivity index (χ2v) is 3.71. The molecule has 0 aliphatic carbocycles. The van der Waals surface area contributed by atoms with Crippen LogP contribution < -0.4 is 10.1 Å². The highest BCUT2D eigenvalue weighted by molar-refractivity contribution is 5.47. The molecular weight excluding hydrogens is 206 g/mol. The summed E-state index contributed by atoms with van der Waals surface area (Å²) in [5.74, 6) is 0.750. The summed E-state index contributed by atoms with van der Waals surface area (Å²) in [6.07, 6.45) is 0. The number of nitrogens with one attached hydrogen (secondary N) is 1. The number of benzene rings is 1. The number of hydrogen-bond donors (Lipinski definition) is 2. The van der Waals surface area contributed by atoms with Gasteiger partial charge in [0.15, 0.2) is 11.5 Å². The fourth-order valence-electron chi connectivity index (χ4n) is 1.86. The first kappa shape index (κ1) is 11.2. The normalized spacial score (nSPS) is 20.7. The van der Waals surface area contributed by atoms with Gasteiger partial charge in [-0.15, -0.1) is 0 Å². The van der Waals surface area contributed by atoms with E-state index in [1.165, 1.54) is 0 Å². The molecule has 0 amide bonds. The Morgan fingerprint density at radius 2 is 2.44 bits per heavy atom. The van der Waals surface area contributed by atoms with Crippen molar-refractivity contribution in [2.45, 2.75) is 13.0 Å². The summed E-state index contributed by atoms with van der Waals surface area (Å²) in [6, 6.07) is 5.60. The highest BCUT2D eigenvalue weighted by Gasteiger charge is 2.20. The summed E-state index contributed by atoms with van der Waals surface area (Å²) in [5, 5.41) is 13.4. The lowest BCUT2D eigenvalue weighted by atomic mass is 10.1. The molecule has 4 heteroatoms. The first-order valence-corrected chi connectivity index (χ1v) is 5.58. The van der Waals surface area contributed by atoms with Crippen molar-refractivity contribution in [1.29, 1.82) is 0 Å². The maximum Gasteiger partial charge on any atom is 0.162 e. The van der Waals surface area contributed by atoms with E-state index in [0.29, 0.717) is 19.0 Å². The molecule has 2 rings (SSSR count). The van der Waals surface area contributed by atoms with E-state index in [4.69, 9.17) is 9.47 Å². The van der Waals surface area contributed by atoms with E-state index in [-0.39, 0.29) is 11.8 Å². The Bertz CT molecular complexity index is 348. The van der Waals surface area contributed by atoms with Gasteiger partial charge in [0.25, 0.3) is 0 Å². The Kier molecular flexibility index (Phi) is 3.64. The largest absolute Gasteiger partial charge is 0.504 e. The molecule has 1 atom stereocenters. The van der Waals surface area contributed by atoms with Crippen LogP contribution >= 0.6 is 0 Å². The van der Waals surface area contributed by atoms with Gasteiger partial charge in [0.2, 0.25) is 0 Å². The molecule has 0 bridgehead atoms. The molecule has 4 nitrogen and oxygen atoms in total. The third-order valence-electron chi connectivity index (χ3n) is 2.63. The standard InChI is InChI=1S/C12H17NO3/c1-2-16-11-5-3-4-9(12(11)14)10-8-15-7-6-13-10/h3-5,10,13-14H,2,6-8H2,1H3/t10-/m0/s1. The lowest BCUT2D eigenvalue weighted by molar-refractivity contribution is 0.0759. The van der Waals surface area contributed by atoms with Gasteiger partial charge in [-0.3, -0.25) is 0 Å². The van der Waals surface area contributed by atoms with Crippen molar-refractivity contribution < 1.29 is 14.6 Å². The molecule has 1 fully saturated rings. The van der Waals surface area contributed by atoms with Crippen LogP contribution in [0.1, 0.15) is 18.5 Å². The number of aromatic hydroxyl groups is 1. The minimum atomic E-state index is 0.0501. The van der Waals surface area contributed by atoms with E-state index in [1.54, 1.807) is 6.07 Å². The third-order valence-corrected chi connectivity index (χ3v) is 2.63. The number of hydrogen-bond acceptors (Lipinski definition) is 4. The minimum Gasteiger partial charge on any atom is -0.504 e. The fourth-order valence-corrected chi connectivity index (χ4v) is 1.86. The van der Waals surface area contributed by atoms with Crippen LogP contribution in [0.3, 0.4) is 0 Å². The number of rotatable bonds is 3. The summed E-state index contributed by atoms with van der Waals surface area (Å²) < 4.78 is 10.7. The quantitative estimate of drug-likeness (QED) is 0.814. The first-order chi connectivity index (χ1) is 7.83. The van der Waals surface area contributed by atoms with Gasteiger partial charge in [-0.2, -0.15) is 0 Å². The summed E-state index contributed by atoms with van der Waals surface area (Å²) >= 11 is 0. The number of morpholine rings is 1. The molecule has 16 heavy (non-hydrogen) atoms. The van der Waals surface area contributed by atoms with Crippen LogP contribution in [0.4, 0.5) is 0 Å². The molecule has 2 N–H and O–H groups in total. The zero-order valence-electron chi connectivity index (χ0n) is 9.40. The Morgan fingerprint density at radius 1 is 1.56 bits per heavy atom. The molecule has 1 aliphatic rings. The van der Waals surface area contributed by atoms with E-state index in [2.05, 4.69) is 5.32 Å². The van der Waals surface area contributed by atoms with E-state index in [1.807, 2.05) is 19.1 Å². The number of ether oxygens (including phenoxy) is 2. The Balaban J connectivity index is 2.22. The molecule has 1 aliphatic heterocycles. The van der Waals surface area contributed by atoms with Gasteiger partial charge in [0.1, 0.15) is 0 Å². The van der Waals surface area contributed by atoms with Crippen molar-refractivity contribution in [3.05, 3.63) is 23.8 Å². The van der Waals surface area contributed by atoms with E-state index >= 15 is 0 Å². The number of phenols is 1. The van der Waals surface area contributed by atoms with Gasteiger partial charge in [-0.25, -0.2) is 0 Å². The van der Waals surface area contributed by atoms with Crippen molar-refractivity contribution in [2.75, 3.05) is 26.4 Å². The number of para-hydroxylation sites is 1. The average molecular weight is 223 g/mol. The topological polar surface area (TPSA) is 50.7 Å². The van der Waals surface area contributed by atoms with Gasteiger partial charge in [-0.05, 0) is 13.0 Å². The molecule has 88 valence electrons. The van der Waals surface area contributed by atoms with Gasteiger partial charge in [0.05, 0.1) is 25.9 Å². The van der Waals surface area contributed by atoms with Gasteiger partial charge in [0, 0.05) is 12.1 Å². The molecule has 1 aromatic rings. The van der Waals surface area contributed by atoms with E-state index < -0.39 is 0 Å². The zero-order chi connectivity index (χ0) is 11.4. The van der Waals surface area contributed by atoms with Crippen molar-refractivity contribution in [1.82, 2.24) is 5.32 Å². The van der Waals surface area contributed by atoms with Crippen molar-refractivity contribution in [2.24, 2.45) is 0 Å². The predicted molar refractivity (Wildman–Crippen MR) is 60.8 cm³/mol. The summed E-state index contributed by atoms with van der Waals surface area (Å²) in [6.45, 7) is 4.56. The lowest BCUT2D eigenvalue weighted by Crippen LogP contribution is -2.34. The van der Waals surface area contributed by atoms with Crippen LogP contribution in [-0.4, -0.2) is 31.5 Å². The van der Waals surface area contributed by atoms with Gasteiger partial charge < -0.3 is 19.9 Å². The SMILES string of the molecule is CCOc1cccc([C@@H]2COCCN2)c1O. The molecular formula is C12H17NO3. The van der Waals surface area contributed by atoms with E-state index in [9.17, 15) is 5.11 Å². The average Bonchev–Trinajstić information content (AvgIpc) is 2.33. The molecule has 1 heterocycles. The Hall–Kier alpha value is -1.26. The van der Waals surface area contributed by atoms with Crippen LogP contribution in [0, 0.1) is 0 Å². The second-order valence-electron chi connectivity index (χ2n) is 3.71. The molecule has 1 aromatic carbocycles. The summed E-state index contributed by atoms with van der Waals surface area (Å²) in [5.41, 5.74) is 0.839. The Labute approximate surface area is 95.2 Å². The van der Waals surface area contributed by atoms with Crippen LogP contribution in [0.15, 0.2) is 18.2 Å². The van der Waals surface area contributed by atoms with Gasteiger partial charge >= 0.3 is 0 Å². The third kappa shape index (κ3) is 2.28. The van der Waals surface area contributed by atoms with Crippen LogP contribution in [0.2, 0.25) is 0 Å². The summed E-state index contributed by atoms with van der Waals surface area (Å²) in [7, 11) is 0. The van der Waals surface area contributed by atoms with Crippen LogP contribution in [0.25, 0.3) is 0 Å². The lowest BCUT2D eigenvalue weighted by Gasteiger charge is -2.25. The monoisotopic (exact) mass is 223 g/mol. The first-order valence-electron chi connectivity index (χ1n) is 5.58. The molecule has 0 unspecified atom stereocenters. The zero-order valence-corrected chi connectivity index (χ0v) is 9.40.